The van der Waals surface area contributed by atoms with Crippen molar-refractivity contribution in [3.05, 3.63) is 41.3 Å². The van der Waals surface area contributed by atoms with Gasteiger partial charge in [0.1, 0.15) is 11.3 Å². The highest BCUT2D eigenvalue weighted by Crippen LogP contribution is 2.33. The SMILES string of the molecule is Clc1nc(-c2ccccc2)nc2nc(C3CCCCC3)[nH]c12. The normalized spacial score (nSPS) is 16.2. The van der Waals surface area contributed by atoms with Crippen LogP contribution in [0.1, 0.15) is 43.8 Å². The van der Waals surface area contributed by atoms with Gasteiger partial charge in [-0.3, -0.25) is 0 Å². The van der Waals surface area contributed by atoms with Gasteiger partial charge in [0, 0.05) is 11.5 Å². The third-order valence-electron chi connectivity index (χ3n) is 4.35. The third-order valence-corrected chi connectivity index (χ3v) is 4.62. The predicted octanol–water partition coefficient (Wildman–Crippen LogP) is 4.72. The number of nitrogens with zero attached hydrogens (tertiary/aromatic N) is 3. The fourth-order valence-electron chi connectivity index (χ4n) is 3.17. The van der Waals surface area contributed by atoms with E-state index in [4.69, 9.17) is 16.6 Å². The van der Waals surface area contributed by atoms with Crippen LogP contribution < -0.4 is 0 Å². The molecule has 1 aromatic carbocycles. The fraction of sp³-hybridized carbons (Fsp3) is 0.353. The van der Waals surface area contributed by atoms with Gasteiger partial charge in [0.25, 0.3) is 0 Å². The van der Waals surface area contributed by atoms with Gasteiger partial charge in [-0.15, -0.1) is 0 Å². The fourth-order valence-corrected chi connectivity index (χ4v) is 3.38. The number of aromatic amines is 1. The van der Waals surface area contributed by atoms with E-state index in [0.717, 1.165) is 16.9 Å². The molecule has 5 heteroatoms. The zero-order chi connectivity index (χ0) is 14.9. The number of H-pyrrole nitrogens is 1. The number of nitrogens with one attached hydrogen (secondary N) is 1. The molecule has 0 atom stereocenters. The molecule has 0 aliphatic heterocycles. The quantitative estimate of drug-likeness (QED) is 0.696. The van der Waals surface area contributed by atoms with Crippen LogP contribution >= 0.6 is 11.6 Å². The summed E-state index contributed by atoms with van der Waals surface area (Å²) in [6.45, 7) is 0. The minimum Gasteiger partial charge on any atom is -0.338 e. The van der Waals surface area contributed by atoms with Crippen molar-refractivity contribution in [2.75, 3.05) is 0 Å². The molecule has 1 aliphatic carbocycles. The van der Waals surface area contributed by atoms with E-state index in [1.807, 2.05) is 30.3 Å². The Morgan fingerprint density at radius 2 is 1.73 bits per heavy atom. The summed E-state index contributed by atoms with van der Waals surface area (Å²) in [4.78, 5) is 17.0. The zero-order valence-electron chi connectivity index (χ0n) is 12.2. The Morgan fingerprint density at radius 3 is 2.50 bits per heavy atom. The maximum atomic E-state index is 6.34. The molecule has 1 N–H and O–H groups in total. The lowest BCUT2D eigenvalue weighted by Crippen LogP contribution is -2.05. The summed E-state index contributed by atoms with van der Waals surface area (Å²) in [7, 11) is 0. The minimum absolute atomic E-state index is 0.443. The molecule has 0 radical (unpaired) electrons. The van der Waals surface area contributed by atoms with E-state index in [2.05, 4.69) is 15.0 Å². The molecule has 3 aromatic rings. The Hall–Kier alpha value is -1.94. The van der Waals surface area contributed by atoms with Gasteiger partial charge in [0.05, 0.1) is 0 Å². The minimum atomic E-state index is 0.443. The van der Waals surface area contributed by atoms with Gasteiger partial charge in [-0.25, -0.2) is 15.0 Å². The molecule has 2 aromatic heterocycles. The van der Waals surface area contributed by atoms with E-state index in [1.165, 1.54) is 32.1 Å². The number of aromatic nitrogens is 4. The van der Waals surface area contributed by atoms with Gasteiger partial charge in [-0.1, -0.05) is 61.2 Å². The number of benzene rings is 1. The van der Waals surface area contributed by atoms with Crippen molar-refractivity contribution in [3.63, 3.8) is 0 Å². The molecule has 0 saturated heterocycles. The van der Waals surface area contributed by atoms with Crippen molar-refractivity contribution < 1.29 is 0 Å². The molecule has 0 spiro atoms. The monoisotopic (exact) mass is 312 g/mol. The van der Waals surface area contributed by atoms with E-state index < -0.39 is 0 Å². The molecule has 4 rings (SSSR count). The Balaban J connectivity index is 1.77. The Bertz CT molecular complexity index is 791. The first-order valence-electron chi connectivity index (χ1n) is 7.80. The summed E-state index contributed by atoms with van der Waals surface area (Å²) in [6, 6.07) is 9.86. The molecule has 0 bridgehead atoms. The molecule has 2 heterocycles. The molecule has 112 valence electrons. The number of halogens is 1. The first-order valence-corrected chi connectivity index (χ1v) is 8.17. The van der Waals surface area contributed by atoms with Crippen molar-refractivity contribution in [2.24, 2.45) is 0 Å². The number of fused-ring (bicyclic) bond motifs is 1. The first kappa shape index (κ1) is 13.7. The lowest BCUT2D eigenvalue weighted by Gasteiger charge is -2.18. The van der Waals surface area contributed by atoms with Crippen LogP contribution in [0.15, 0.2) is 30.3 Å². The van der Waals surface area contributed by atoms with E-state index in [-0.39, 0.29) is 0 Å². The van der Waals surface area contributed by atoms with Crippen molar-refractivity contribution in [1.82, 2.24) is 19.9 Å². The summed E-state index contributed by atoms with van der Waals surface area (Å²) in [5.74, 6) is 2.13. The van der Waals surface area contributed by atoms with Gasteiger partial charge in [0.15, 0.2) is 16.6 Å². The molecule has 1 fully saturated rings. The second-order valence-electron chi connectivity index (χ2n) is 5.86. The summed E-state index contributed by atoms with van der Waals surface area (Å²) < 4.78 is 0. The average molecular weight is 313 g/mol. The topological polar surface area (TPSA) is 54.5 Å². The first-order chi connectivity index (χ1) is 10.8. The highest BCUT2D eigenvalue weighted by Gasteiger charge is 2.20. The second-order valence-corrected chi connectivity index (χ2v) is 6.22. The smallest absolute Gasteiger partial charge is 0.183 e. The van der Waals surface area contributed by atoms with Gasteiger partial charge >= 0.3 is 0 Å². The number of imidazole rings is 1. The predicted molar refractivity (Wildman–Crippen MR) is 88.0 cm³/mol. The molecule has 0 unspecified atom stereocenters. The van der Waals surface area contributed by atoms with Gasteiger partial charge < -0.3 is 4.98 Å². The van der Waals surface area contributed by atoms with Gasteiger partial charge in [-0.2, -0.15) is 0 Å². The second kappa shape index (κ2) is 5.69. The summed E-state index contributed by atoms with van der Waals surface area (Å²) in [6.07, 6.45) is 6.26. The van der Waals surface area contributed by atoms with Gasteiger partial charge in [-0.05, 0) is 12.8 Å². The standard InChI is InChI=1S/C17H17ClN4/c18-14-13-17(21-15(19-13)11-7-3-1-4-8-11)22-16(20-14)12-9-5-2-6-10-12/h2,5-6,9-11H,1,3-4,7-8H2,(H,19,20,21,22). The van der Waals surface area contributed by atoms with E-state index in [0.29, 0.717) is 22.5 Å². The number of rotatable bonds is 2. The molecule has 0 amide bonds. The van der Waals surface area contributed by atoms with Crippen LogP contribution in [0.25, 0.3) is 22.6 Å². The summed E-state index contributed by atoms with van der Waals surface area (Å²) in [5.41, 5.74) is 2.37. The molecule has 1 aliphatic rings. The molecule has 1 saturated carbocycles. The lowest BCUT2D eigenvalue weighted by atomic mass is 9.89. The third kappa shape index (κ3) is 2.48. The summed E-state index contributed by atoms with van der Waals surface area (Å²) in [5, 5.41) is 0.443. The Morgan fingerprint density at radius 1 is 0.955 bits per heavy atom. The van der Waals surface area contributed by atoms with Crippen molar-refractivity contribution >= 4 is 22.8 Å². The van der Waals surface area contributed by atoms with Crippen LogP contribution in [0.5, 0.6) is 0 Å². The van der Waals surface area contributed by atoms with Crippen LogP contribution in [0, 0.1) is 0 Å². The van der Waals surface area contributed by atoms with Crippen molar-refractivity contribution in [3.8, 4) is 11.4 Å². The highest BCUT2D eigenvalue weighted by molar-refractivity contribution is 6.33. The van der Waals surface area contributed by atoms with Crippen LogP contribution in [0.4, 0.5) is 0 Å². The average Bonchev–Trinajstić information content (AvgIpc) is 3.01. The molecular formula is C17H17ClN4. The van der Waals surface area contributed by atoms with Crippen LogP contribution in [0.3, 0.4) is 0 Å². The van der Waals surface area contributed by atoms with Gasteiger partial charge in [0.2, 0.25) is 0 Å². The maximum absolute atomic E-state index is 6.34. The van der Waals surface area contributed by atoms with E-state index in [9.17, 15) is 0 Å². The van der Waals surface area contributed by atoms with Crippen LogP contribution in [0.2, 0.25) is 5.15 Å². The highest BCUT2D eigenvalue weighted by atomic mass is 35.5. The molecular weight excluding hydrogens is 296 g/mol. The molecule has 4 nitrogen and oxygen atoms in total. The zero-order valence-corrected chi connectivity index (χ0v) is 13.0. The van der Waals surface area contributed by atoms with Crippen molar-refractivity contribution in [2.45, 2.75) is 38.0 Å². The number of hydrogen-bond acceptors (Lipinski definition) is 3. The number of hydrogen-bond donors (Lipinski definition) is 1. The Labute approximate surface area is 134 Å². The van der Waals surface area contributed by atoms with E-state index in [1.54, 1.807) is 0 Å². The molecule has 22 heavy (non-hydrogen) atoms. The van der Waals surface area contributed by atoms with Crippen molar-refractivity contribution in [1.29, 1.82) is 0 Å². The van der Waals surface area contributed by atoms with E-state index >= 15 is 0 Å². The summed E-state index contributed by atoms with van der Waals surface area (Å²) >= 11 is 6.34. The lowest BCUT2D eigenvalue weighted by molar-refractivity contribution is 0.431. The van der Waals surface area contributed by atoms with Crippen LogP contribution in [-0.4, -0.2) is 19.9 Å². The Kier molecular flexibility index (Phi) is 3.54. The maximum Gasteiger partial charge on any atom is 0.183 e. The van der Waals surface area contributed by atoms with Crippen LogP contribution in [-0.2, 0) is 0 Å². The largest absolute Gasteiger partial charge is 0.338 e.